The molecular formula is C12H13BrFN3. The van der Waals surface area contributed by atoms with Gasteiger partial charge in [-0.25, -0.2) is 4.39 Å². The summed E-state index contributed by atoms with van der Waals surface area (Å²) in [7, 11) is 1.84. The maximum atomic E-state index is 13.6. The zero-order valence-electron chi connectivity index (χ0n) is 9.61. The van der Waals surface area contributed by atoms with Gasteiger partial charge in [-0.3, -0.25) is 4.68 Å². The molecule has 1 heterocycles. The molecule has 1 aromatic carbocycles. The Kier molecular flexibility index (Phi) is 3.47. The number of rotatable bonds is 3. The molecule has 3 nitrogen and oxygen atoms in total. The molecule has 17 heavy (non-hydrogen) atoms. The van der Waals surface area contributed by atoms with E-state index in [0.717, 1.165) is 10.3 Å². The molecular weight excluding hydrogens is 285 g/mol. The van der Waals surface area contributed by atoms with Gasteiger partial charge < -0.3 is 5.32 Å². The van der Waals surface area contributed by atoms with Crippen LogP contribution in [0, 0.1) is 5.82 Å². The molecule has 0 aliphatic rings. The molecule has 5 heteroatoms. The van der Waals surface area contributed by atoms with Crippen molar-refractivity contribution < 1.29 is 4.39 Å². The van der Waals surface area contributed by atoms with Crippen LogP contribution < -0.4 is 5.32 Å². The lowest BCUT2D eigenvalue weighted by Gasteiger charge is -2.14. The smallest absolute Gasteiger partial charge is 0.148 e. The molecule has 0 amide bonds. The monoisotopic (exact) mass is 297 g/mol. The molecule has 0 saturated heterocycles. The Morgan fingerprint density at radius 2 is 2.18 bits per heavy atom. The lowest BCUT2D eigenvalue weighted by atomic mass is 10.1. The number of hydrogen-bond donors (Lipinski definition) is 1. The molecule has 0 spiro atoms. The van der Waals surface area contributed by atoms with Gasteiger partial charge in [-0.2, -0.15) is 5.10 Å². The quantitative estimate of drug-likeness (QED) is 0.940. The van der Waals surface area contributed by atoms with Crippen LogP contribution >= 0.6 is 15.9 Å². The Bertz CT molecular complexity index is 524. The number of nitrogens with zero attached hydrogens (tertiary/aromatic N) is 2. The number of aromatic nitrogens is 2. The van der Waals surface area contributed by atoms with Gasteiger partial charge in [-0.1, -0.05) is 15.9 Å². The van der Waals surface area contributed by atoms with Gasteiger partial charge in [0.1, 0.15) is 11.6 Å². The predicted octanol–water partition coefficient (Wildman–Crippen LogP) is 3.49. The van der Waals surface area contributed by atoms with E-state index >= 15 is 0 Å². The lowest BCUT2D eigenvalue weighted by molar-refractivity contribution is 0.599. The second kappa shape index (κ2) is 4.87. The van der Waals surface area contributed by atoms with Crippen molar-refractivity contribution in [3.63, 3.8) is 0 Å². The van der Waals surface area contributed by atoms with Crippen LogP contribution in [0.5, 0.6) is 0 Å². The fourth-order valence-corrected chi connectivity index (χ4v) is 2.02. The highest BCUT2D eigenvalue weighted by Crippen LogP contribution is 2.24. The summed E-state index contributed by atoms with van der Waals surface area (Å²) in [6.45, 7) is 1.90. The van der Waals surface area contributed by atoms with Gasteiger partial charge in [0.2, 0.25) is 0 Å². The summed E-state index contributed by atoms with van der Waals surface area (Å²) < 4.78 is 16.2. The maximum absolute atomic E-state index is 13.6. The first-order valence-corrected chi connectivity index (χ1v) is 6.06. The highest BCUT2D eigenvalue weighted by atomic mass is 79.9. The molecule has 2 rings (SSSR count). The van der Waals surface area contributed by atoms with Crippen LogP contribution in [-0.2, 0) is 7.05 Å². The van der Waals surface area contributed by atoms with Crippen molar-refractivity contribution in [2.75, 3.05) is 5.32 Å². The van der Waals surface area contributed by atoms with Crippen molar-refractivity contribution in [2.45, 2.75) is 13.0 Å². The van der Waals surface area contributed by atoms with E-state index in [1.54, 1.807) is 16.8 Å². The number of hydrogen-bond acceptors (Lipinski definition) is 2. The van der Waals surface area contributed by atoms with Gasteiger partial charge in [0.15, 0.2) is 0 Å². The molecule has 1 aromatic heterocycles. The van der Waals surface area contributed by atoms with Crippen molar-refractivity contribution in [2.24, 2.45) is 7.05 Å². The summed E-state index contributed by atoms with van der Waals surface area (Å²) in [5, 5.41) is 7.35. The predicted molar refractivity (Wildman–Crippen MR) is 69.3 cm³/mol. The highest BCUT2D eigenvalue weighted by Gasteiger charge is 2.12. The number of anilines is 1. The van der Waals surface area contributed by atoms with Crippen molar-refractivity contribution in [1.82, 2.24) is 9.78 Å². The third-order valence-corrected chi connectivity index (χ3v) is 3.00. The molecule has 0 aliphatic heterocycles. The Morgan fingerprint density at radius 3 is 2.82 bits per heavy atom. The van der Waals surface area contributed by atoms with Gasteiger partial charge in [-0.05, 0) is 25.1 Å². The second-order valence-electron chi connectivity index (χ2n) is 3.91. The molecule has 0 fully saturated rings. The standard InChI is InChI=1S/C12H13BrFN3/c1-8(15-12-5-6-17(2)16-12)10-7-9(13)3-4-11(10)14/h3-8H,1-2H3,(H,15,16). The minimum atomic E-state index is -0.218. The van der Waals surface area contributed by atoms with E-state index in [-0.39, 0.29) is 11.9 Å². The van der Waals surface area contributed by atoms with Gasteiger partial charge in [0, 0.05) is 29.3 Å². The molecule has 0 aliphatic carbocycles. The summed E-state index contributed by atoms with van der Waals surface area (Å²) >= 11 is 3.34. The van der Waals surface area contributed by atoms with E-state index in [9.17, 15) is 4.39 Å². The minimum absolute atomic E-state index is 0.137. The van der Waals surface area contributed by atoms with E-state index in [4.69, 9.17) is 0 Å². The third-order valence-electron chi connectivity index (χ3n) is 2.50. The van der Waals surface area contributed by atoms with Crippen LogP contribution in [0.15, 0.2) is 34.9 Å². The molecule has 0 saturated carbocycles. The number of halogens is 2. The number of benzene rings is 1. The SMILES string of the molecule is CC(Nc1ccn(C)n1)c1cc(Br)ccc1F. The van der Waals surface area contributed by atoms with Crippen molar-refractivity contribution in [3.05, 3.63) is 46.3 Å². The van der Waals surface area contributed by atoms with E-state index in [1.165, 1.54) is 6.07 Å². The molecule has 2 aromatic rings. The fourth-order valence-electron chi connectivity index (χ4n) is 1.64. The fraction of sp³-hybridized carbons (Fsp3) is 0.250. The molecule has 0 bridgehead atoms. The van der Waals surface area contributed by atoms with E-state index in [1.807, 2.05) is 26.2 Å². The zero-order valence-corrected chi connectivity index (χ0v) is 11.2. The molecule has 90 valence electrons. The average molecular weight is 298 g/mol. The van der Waals surface area contributed by atoms with Crippen LogP contribution in [0.3, 0.4) is 0 Å². The number of nitrogens with one attached hydrogen (secondary N) is 1. The topological polar surface area (TPSA) is 29.9 Å². The average Bonchev–Trinajstić information content (AvgIpc) is 2.67. The summed E-state index contributed by atoms with van der Waals surface area (Å²) in [5.74, 6) is 0.517. The van der Waals surface area contributed by atoms with E-state index in [0.29, 0.717) is 5.56 Å². The van der Waals surface area contributed by atoms with Crippen LogP contribution in [0.25, 0.3) is 0 Å². The Hall–Kier alpha value is -1.36. The molecule has 0 radical (unpaired) electrons. The van der Waals surface area contributed by atoms with Crippen LogP contribution in [0.1, 0.15) is 18.5 Å². The first-order valence-electron chi connectivity index (χ1n) is 5.27. The summed E-state index contributed by atoms with van der Waals surface area (Å²) in [6, 6.07) is 6.63. The van der Waals surface area contributed by atoms with Gasteiger partial charge in [0.25, 0.3) is 0 Å². The van der Waals surface area contributed by atoms with Crippen molar-refractivity contribution in [1.29, 1.82) is 0 Å². The minimum Gasteiger partial charge on any atom is -0.362 e. The van der Waals surface area contributed by atoms with Gasteiger partial charge in [0.05, 0.1) is 6.04 Å². The van der Waals surface area contributed by atoms with Gasteiger partial charge >= 0.3 is 0 Å². The third kappa shape index (κ3) is 2.85. The normalized spacial score (nSPS) is 12.5. The maximum Gasteiger partial charge on any atom is 0.148 e. The van der Waals surface area contributed by atoms with E-state index < -0.39 is 0 Å². The van der Waals surface area contributed by atoms with Crippen LogP contribution in [-0.4, -0.2) is 9.78 Å². The van der Waals surface area contributed by atoms with Crippen molar-refractivity contribution in [3.8, 4) is 0 Å². The molecule has 1 unspecified atom stereocenters. The summed E-state index contributed by atoms with van der Waals surface area (Å²) in [5.41, 5.74) is 0.616. The Morgan fingerprint density at radius 1 is 1.41 bits per heavy atom. The zero-order chi connectivity index (χ0) is 12.4. The van der Waals surface area contributed by atoms with Gasteiger partial charge in [-0.15, -0.1) is 0 Å². The highest BCUT2D eigenvalue weighted by molar-refractivity contribution is 9.10. The number of aryl methyl sites for hydroxylation is 1. The Balaban J connectivity index is 2.19. The summed E-state index contributed by atoms with van der Waals surface area (Å²) in [4.78, 5) is 0. The second-order valence-corrected chi connectivity index (χ2v) is 4.82. The van der Waals surface area contributed by atoms with E-state index in [2.05, 4.69) is 26.3 Å². The van der Waals surface area contributed by atoms with Crippen LogP contribution in [0.4, 0.5) is 10.2 Å². The molecule has 1 atom stereocenters. The Labute approximate surface area is 108 Å². The largest absolute Gasteiger partial charge is 0.362 e. The first-order chi connectivity index (χ1) is 8.06. The van der Waals surface area contributed by atoms with Crippen molar-refractivity contribution >= 4 is 21.7 Å². The van der Waals surface area contributed by atoms with Crippen LogP contribution in [0.2, 0.25) is 0 Å². The lowest BCUT2D eigenvalue weighted by Crippen LogP contribution is -2.09. The molecule has 1 N–H and O–H groups in total. The summed E-state index contributed by atoms with van der Waals surface area (Å²) in [6.07, 6.45) is 1.84. The first kappa shape index (κ1) is 12.1.